The average molecular weight is 295 g/mol. The Bertz CT molecular complexity index is 507. The predicted octanol–water partition coefficient (Wildman–Crippen LogP) is 0.943. The van der Waals surface area contributed by atoms with Gasteiger partial charge in [-0.25, -0.2) is 17.2 Å². The average Bonchev–Trinajstić information content (AvgIpc) is 2.38. The van der Waals surface area contributed by atoms with Crippen LogP contribution >= 0.6 is 0 Å². The van der Waals surface area contributed by atoms with Crippen molar-refractivity contribution in [3.05, 3.63) is 24.3 Å². The highest BCUT2D eigenvalue weighted by Crippen LogP contribution is 2.21. The van der Waals surface area contributed by atoms with E-state index in [1.54, 1.807) is 6.07 Å². The lowest BCUT2D eigenvalue weighted by molar-refractivity contribution is 0.113. The molecule has 0 aromatic heterocycles. The number of methoxy groups -OCH3 is 1. The fourth-order valence-corrected chi connectivity index (χ4v) is 2.93. The summed E-state index contributed by atoms with van der Waals surface area (Å²) >= 11 is 0. The van der Waals surface area contributed by atoms with Gasteiger partial charge >= 0.3 is 0 Å². The zero-order chi connectivity index (χ0) is 14.5. The number of aliphatic hydroxyl groups is 1. The van der Waals surface area contributed by atoms with Crippen molar-refractivity contribution in [1.82, 2.24) is 4.31 Å². The zero-order valence-electron chi connectivity index (χ0n) is 10.3. The lowest BCUT2D eigenvalue weighted by Crippen LogP contribution is -2.37. The van der Waals surface area contributed by atoms with E-state index in [0.29, 0.717) is 10.1 Å². The van der Waals surface area contributed by atoms with Crippen LogP contribution < -0.4 is 4.74 Å². The summed E-state index contributed by atoms with van der Waals surface area (Å²) in [6, 6.07) is 5.52. The second-order valence-electron chi connectivity index (χ2n) is 3.66. The summed E-state index contributed by atoms with van der Waals surface area (Å²) < 4.78 is 54.5. The number of aliphatic hydroxyl groups excluding tert-OH is 1. The fourth-order valence-electron chi connectivity index (χ4n) is 1.49. The molecule has 0 amide bonds. The van der Waals surface area contributed by atoms with E-state index in [4.69, 9.17) is 9.84 Å². The van der Waals surface area contributed by atoms with Gasteiger partial charge in [0.25, 0.3) is 6.43 Å². The number of nitrogens with zero attached hydrogens (tertiary/aromatic N) is 1. The third kappa shape index (κ3) is 4.12. The second kappa shape index (κ2) is 6.78. The molecule has 1 N–H and O–H groups in total. The Morgan fingerprint density at radius 3 is 2.63 bits per heavy atom. The third-order valence-corrected chi connectivity index (χ3v) is 4.23. The van der Waals surface area contributed by atoms with E-state index in [9.17, 15) is 17.2 Å². The molecule has 0 fully saturated rings. The summed E-state index contributed by atoms with van der Waals surface area (Å²) in [7, 11) is -2.71. The van der Waals surface area contributed by atoms with Gasteiger partial charge < -0.3 is 9.84 Å². The van der Waals surface area contributed by atoms with Crippen molar-refractivity contribution >= 4 is 10.0 Å². The number of alkyl halides is 2. The van der Waals surface area contributed by atoms with Gasteiger partial charge in [0, 0.05) is 12.6 Å². The lowest BCUT2D eigenvalue weighted by Gasteiger charge is -2.21. The van der Waals surface area contributed by atoms with E-state index in [1.807, 2.05) is 0 Å². The highest BCUT2D eigenvalue weighted by molar-refractivity contribution is 7.89. The molecule has 8 heteroatoms. The van der Waals surface area contributed by atoms with Crippen LogP contribution in [0.15, 0.2) is 29.2 Å². The number of hydrogen-bond acceptors (Lipinski definition) is 4. The van der Waals surface area contributed by atoms with E-state index < -0.39 is 29.6 Å². The fraction of sp³-hybridized carbons (Fsp3) is 0.455. The van der Waals surface area contributed by atoms with Crippen LogP contribution in [0.4, 0.5) is 8.78 Å². The summed E-state index contributed by atoms with van der Waals surface area (Å²) in [6.45, 7) is -1.88. The Morgan fingerprint density at radius 2 is 2.11 bits per heavy atom. The highest BCUT2D eigenvalue weighted by Gasteiger charge is 2.27. The number of rotatable bonds is 7. The van der Waals surface area contributed by atoms with Crippen molar-refractivity contribution in [1.29, 1.82) is 0 Å². The third-order valence-electron chi connectivity index (χ3n) is 2.37. The van der Waals surface area contributed by atoms with Crippen LogP contribution in [0.5, 0.6) is 5.75 Å². The monoisotopic (exact) mass is 295 g/mol. The van der Waals surface area contributed by atoms with Crippen molar-refractivity contribution in [3.63, 3.8) is 0 Å². The quantitative estimate of drug-likeness (QED) is 0.813. The van der Waals surface area contributed by atoms with E-state index >= 15 is 0 Å². The molecule has 0 radical (unpaired) electrons. The molecule has 0 aliphatic carbocycles. The summed E-state index contributed by atoms with van der Waals surface area (Å²) in [6.07, 6.45) is -2.81. The van der Waals surface area contributed by atoms with Crippen LogP contribution in [0.3, 0.4) is 0 Å². The minimum atomic E-state index is -4.08. The molecule has 1 aromatic carbocycles. The molecule has 5 nitrogen and oxygen atoms in total. The van der Waals surface area contributed by atoms with Crippen LogP contribution in [0.2, 0.25) is 0 Å². The second-order valence-corrected chi connectivity index (χ2v) is 5.59. The Kier molecular flexibility index (Phi) is 5.64. The summed E-state index contributed by atoms with van der Waals surface area (Å²) in [5.74, 6) is 0.307. The van der Waals surface area contributed by atoms with E-state index in [-0.39, 0.29) is 11.4 Å². The van der Waals surface area contributed by atoms with Gasteiger partial charge in [0.2, 0.25) is 10.0 Å². The Balaban J connectivity index is 3.10. The van der Waals surface area contributed by atoms with Crippen molar-refractivity contribution < 1.29 is 27.0 Å². The van der Waals surface area contributed by atoms with Gasteiger partial charge in [0.05, 0.1) is 25.2 Å². The van der Waals surface area contributed by atoms with Crippen LogP contribution in [0, 0.1) is 0 Å². The molecule has 0 unspecified atom stereocenters. The first kappa shape index (κ1) is 15.8. The van der Waals surface area contributed by atoms with Crippen molar-refractivity contribution in [3.8, 4) is 5.75 Å². The molecular weight excluding hydrogens is 280 g/mol. The highest BCUT2D eigenvalue weighted by atomic mass is 32.2. The normalized spacial score (nSPS) is 12.1. The summed E-state index contributed by atoms with van der Waals surface area (Å²) in [5, 5.41) is 8.78. The largest absolute Gasteiger partial charge is 0.497 e. The molecule has 0 spiro atoms. The van der Waals surface area contributed by atoms with Gasteiger partial charge in [-0.15, -0.1) is 0 Å². The molecule has 0 aliphatic rings. The molecule has 0 atom stereocenters. The van der Waals surface area contributed by atoms with E-state index in [0.717, 1.165) is 0 Å². The Morgan fingerprint density at radius 1 is 1.42 bits per heavy atom. The first-order valence-electron chi connectivity index (χ1n) is 5.45. The maximum Gasteiger partial charge on any atom is 0.252 e. The van der Waals surface area contributed by atoms with Crippen LogP contribution in [-0.2, 0) is 10.0 Å². The minimum Gasteiger partial charge on any atom is -0.497 e. The molecular formula is C11H15F2NO4S. The van der Waals surface area contributed by atoms with Gasteiger partial charge in [0.1, 0.15) is 5.75 Å². The van der Waals surface area contributed by atoms with Crippen LogP contribution in [0.25, 0.3) is 0 Å². The number of benzene rings is 1. The zero-order valence-corrected chi connectivity index (χ0v) is 11.1. The summed E-state index contributed by atoms with van der Waals surface area (Å²) in [5.41, 5.74) is 0. The molecule has 0 saturated carbocycles. The standard InChI is InChI=1S/C11H15F2NO4S/c1-18-9-3-2-4-10(7-9)19(16,17)14(5-6-15)8-11(12)13/h2-4,7,11,15H,5-6,8H2,1H3. The molecule has 0 aliphatic heterocycles. The lowest BCUT2D eigenvalue weighted by atomic mass is 10.3. The van der Waals surface area contributed by atoms with Crippen molar-refractivity contribution in [2.45, 2.75) is 11.3 Å². The number of hydrogen-bond donors (Lipinski definition) is 1. The molecule has 108 valence electrons. The van der Waals surface area contributed by atoms with Gasteiger partial charge in [-0.2, -0.15) is 4.31 Å². The first-order valence-corrected chi connectivity index (χ1v) is 6.89. The Hall–Kier alpha value is -1.25. The molecule has 0 bridgehead atoms. The number of sulfonamides is 1. The maximum atomic E-state index is 12.4. The molecule has 1 aromatic rings. The molecule has 0 heterocycles. The van der Waals surface area contributed by atoms with E-state index in [2.05, 4.69) is 0 Å². The van der Waals surface area contributed by atoms with Crippen LogP contribution in [-0.4, -0.2) is 51.1 Å². The van der Waals surface area contributed by atoms with Crippen molar-refractivity contribution in [2.24, 2.45) is 0 Å². The van der Waals surface area contributed by atoms with Gasteiger partial charge in [-0.3, -0.25) is 0 Å². The predicted molar refractivity (Wildman–Crippen MR) is 64.8 cm³/mol. The van der Waals surface area contributed by atoms with Crippen molar-refractivity contribution in [2.75, 3.05) is 26.8 Å². The summed E-state index contributed by atoms with van der Waals surface area (Å²) in [4.78, 5) is -0.152. The molecule has 1 rings (SSSR count). The van der Waals surface area contributed by atoms with E-state index in [1.165, 1.54) is 25.3 Å². The number of halogens is 2. The Labute approximate surface area is 110 Å². The minimum absolute atomic E-state index is 0.152. The maximum absolute atomic E-state index is 12.4. The topological polar surface area (TPSA) is 66.8 Å². The first-order chi connectivity index (χ1) is 8.91. The molecule has 19 heavy (non-hydrogen) atoms. The van der Waals surface area contributed by atoms with Crippen LogP contribution in [0.1, 0.15) is 0 Å². The smallest absolute Gasteiger partial charge is 0.252 e. The van der Waals surface area contributed by atoms with Gasteiger partial charge in [0.15, 0.2) is 0 Å². The number of ether oxygens (including phenoxy) is 1. The molecule has 0 saturated heterocycles. The van der Waals surface area contributed by atoms with Gasteiger partial charge in [-0.1, -0.05) is 6.07 Å². The SMILES string of the molecule is COc1cccc(S(=O)(=O)N(CCO)CC(F)F)c1. The van der Waals surface area contributed by atoms with Gasteiger partial charge in [-0.05, 0) is 12.1 Å².